The molecule has 0 bridgehead atoms. The molecular formula is C18H22O12. The summed E-state index contributed by atoms with van der Waals surface area (Å²) in [5.41, 5.74) is -6.23. The molecule has 166 valence electrons. The Balaban J connectivity index is 7.74. The van der Waals surface area contributed by atoms with Crippen LogP contribution in [0.4, 0.5) is 0 Å². The number of aliphatic carboxylic acids is 4. The zero-order chi connectivity index (χ0) is 23.5. The van der Waals surface area contributed by atoms with Gasteiger partial charge >= 0.3 is 23.9 Å². The summed E-state index contributed by atoms with van der Waals surface area (Å²) >= 11 is 0. The lowest BCUT2D eigenvalue weighted by atomic mass is 9.58. The van der Waals surface area contributed by atoms with Gasteiger partial charge in [0.1, 0.15) is 0 Å². The molecule has 8 N–H and O–H groups in total. The summed E-state index contributed by atoms with van der Waals surface area (Å²) in [4.78, 5) is 44.8. The normalized spacial score (nSPS) is 15.3. The lowest BCUT2D eigenvalue weighted by Gasteiger charge is -2.45. The summed E-state index contributed by atoms with van der Waals surface area (Å²) in [7, 11) is 0. The highest BCUT2D eigenvalue weighted by Crippen LogP contribution is 2.50. The van der Waals surface area contributed by atoms with Crippen LogP contribution in [-0.4, -0.2) is 91.2 Å². The summed E-state index contributed by atoms with van der Waals surface area (Å²) in [6.07, 6.45) is 3.37. The Bertz CT molecular complexity index is 759. The topological polar surface area (TPSA) is 230 Å². The van der Waals surface area contributed by atoms with Crippen LogP contribution < -0.4 is 0 Å². The van der Waals surface area contributed by atoms with Gasteiger partial charge in [0.15, 0.2) is 0 Å². The quantitative estimate of drug-likeness (QED) is 0.152. The molecule has 0 atom stereocenters. The average Bonchev–Trinajstić information content (AvgIpc) is 2.67. The predicted molar refractivity (Wildman–Crippen MR) is 98.2 cm³/mol. The molecule has 0 saturated heterocycles. The zero-order valence-corrected chi connectivity index (χ0v) is 15.5. The van der Waals surface area contributed by atoms with Gasteiger partial charge in [-0.3, -0.25) is 0 Å². The first-order valence-electron chi connectivity index (χ1n) is 8.12. The molecule has 30 heavy (non-hydrogen) atoms. The molecule has 0 aliphatic heterocycles. The molecule has 0 aromatic carbocycles. The molecule has 0 spiro atoms. The van der Waals surface area contributed by atoms with Crippen molar-refractivity contribution in [2.45, 2.75) is 0 Å². The molecular weight excluding hydrogens is 408 g/mol. The second kappa shape index (κ2) is 11.6. The Morgan fingerprint density at radius 3 is 1.30 bits per heavy atom. The van der Waals surface area contributed by atoms with Crippen LogP contribution in [-0.2, 0) is 19.2 Å². The number of rotatable bonds is 13. The maximum absolute atomic E-state index is 11.6. The lowest BCUT2D eigenvalue weighted by Crippen LogP contribution is -2.47. The number of carboxylic acids is 4. The summed E-state index contributed by atoms with van der Waals surface area (Å²) in [6.45, 7) is -4.70. The maximum Gasteiger partial charge on any atom is 0.334 e. The number of allylic oxidation sites excluding steroid dienone is 2. The molecule has 0 radical (unpaired) electrons. The van der Waals surface area contributed by atoms with Gasteiger partial charge in [-0.15, -0.1) is 0 Å². The van der Waals surface area contributed by atoms with Crippen molar-refractivity contribution in [3.05, 3.63) is 47.6 Å². The van der Waals surface area contributed by atoms with E-state index in [-0.39, 0.29) is 0 Å². The minimum Gasteiger partial charge on any atom is -0.478 e. The molecule has 0 aliphatic rings. The Kier molecular flexibility index (Phi) is 10.3. The van der Waals surface area contributed by atoms with Gasteiger partial charge in [-0.05, 0) is 5.57 Å². The van der Waals surface area contributed by atoms with Crippen molar-refractivity contribution in [1.82, 2.24) is 0 Å². The van der Waals surface area contributed by atoms with Crippen molar-refractivity contribution in [1.29, 1.82) is 0 Å². The highest BCUT2D eigenvalue weighted by molar-refractivity contribution is 5.89. The molecule has 0 saturated carbocycles. The van der Waals surface area contributed by atoms with Crippen molar-refractivity contribution < 1.29 is 60.0 Å². The minimum atomic E-state index is -2.40. The maximum atomic E-state index is 11.6. The Labute approximate surface area is 169 Å². The molecule has 0 aromatic heterocycles. The van der Waals surface area contributed by atoms with Gasteiger partial charge in [0.25, 0.3) is 0 Å². The van der Waals surface area contributed by atoms with Crippen molar-refractivity contribution in [3.8, 4) is 0 Å². The van der Waals surface area contributed by atoms with E-state index in [0.29, 0.717) is 36.5 Å². The van der Waals surface area contributed by atoms with Gasteiger partial charge in [-0.25, -0.2) is 19.2 Å². The number of aliphatic hydroxyl groups excluding tert-OH is 4. The van der Waals surface area contributed by atoms with Crippen molar-refractivity contribution >= 4 is 23.9 Å². The summed E-state index contributed by atoms with van der Waals surface area (Å²) in [6, 6.07) is 0. The second-order valence-corrected chi connectivity index (χ2v) is 5.93. The van der Waals surface area contributed by atoms with Crippen LogP contribution in [0.2, 0.25) is 0 Å². The SMILES string of the molecule is O=C(O)C=CC(CO)(CO)C(C=CC(=O)O)(C=CC(=O)O)C(CO)=C(CO)C(=O)O. The molecule has 12 heteroatoms. The largest absolute Gasteiger partial charge is 0.478 e. The van der Waals surface area contributed by atoms with Crippen molar-refractivity contribution in [2.24, 2.45) is 10.8 Å². The van der Waals surface area contributed by atoms with E-state index < -0.39 is 72.3 Å². The molecule has 12 nitrogen and oxygen atoms in total. The smallest absolute Gasteiger partial charge is 0.334 e. The summed E-state index contributed by atoms with van der Waals surface area (Å²) < 4.78 is 0. The third kappa shape index (κ3) is 6.09. The molecule has 0 unspecified atom stereocenters. The number of hydrogen-bond donors (Lipinski definition) is 8. The van der Waals surface area contributed by atoms with E-state index in [0.717, 1.165) is 0 Å². The van der Waals surface area contributed by atoms with Gasteiger partial charge in [-0.2, -0.15) is 0 Å². The monoisotopic (exact) mass is 430 g/mol. The second-order valence-electron chi connectivity index (χ2n) is 5.93. The molecule has 0 heterocycles. The molecule has 0 fully saturated rings. The number of aliphatic hydroxyl groups is 4. The Morgan fingerprint density at radius 2 is 1.03 bits per heavy atom. The number of carboxylic acid groups (broad SMARTS) is 4. The first kappa shape index (κ1) is 26.7. The van der Waals surface area contributed by atoms with E-state index in [1.807, 2.05) is 0 Å². The minimum absolute atomic E-state index is 0.424. The zero-order valence-electron chi connectivity index (χ0n) is 15.5. The molecule has 0 rings (SSSR count). The number of hydrogen-bond acceptors (Lipinski definition) is 8. The Morgan fingerprint density at radius 1 is 0.633 bits per heavy atom. The number of carbonyl (C=O) groups is 4. The molecule has 0 amide bonds. The van der Waals surface area contributed by atoms with Gasteiger partial charge < -0.3 is 40.9 Å². The van der Waals surface area contributed by atoms with Crippen LogP contribution >= 0.6 is 0 Å². The standard InChI is InChI=1S/C18H22O12/c19-7-11(16(29)30)12(8-20)18(5-2-14(25)26,6-3-15(27)28)17(9-21,10-22)4-1-13(23)24/h1-6,19-22H,7-10H2,(H,23,24)(H,25,26)(H,27,28)(H,29,30). The van der Waals surface area contributed by atoms with Crippen LogP contribution in [0.3, 0.4) is 0 Å². The van der Waals surface area contributed by atoms with Crippen LogP contribution in [0.1, 0.15) is 0 Å². The van der Waals surface area contributed by atoms with Gasteiger partial charge in [0.05, 0.1) is 37.4 Å². The van der Waals surface area contributed by atoms with E-state index in [2.05, 4.69) is 0 Å². The van der Waals surface area contributed by atoms with Gasteiger partial charge in [0, 0.05) is 23.6 Å². The van der Waals surface area contributed by atoms with Crippen LogP contribution in [0.25, 0.3) is 0 Å². The third-order valence-corrected chi connectivity index (χ3v) is 4.35. The van der Waals surface area contributed by atoms with Crippen molar-refractivity contribution in [3.63, 3.8) is 0 Å². The first-order valence-corrected chi connectivity index (χ1v) is 8.12. The van der Waals surface area contributed by atoms with E-state index >= 15 is 0 Å². The van der Waals surface area contributed by atoms with E-state index in [1.165, 1.54) is 0 Å². The highest BCUT2D eigenvalue weighted by atomic mass is 16.4. The van der Waals surface area contributed by atoms with Crippen LogP contribution in [0.5, 0.6) is 0 Å². The van der Waals surface area contributed by atoms with Crippen LogP contribution in [0.15, 0.2) is 47.6 Å². The predicted octanol–water partition coefficient (Wildman–Crippen LogP) is -1.77. The average molecular weight is 430 g/mol. The highest BCUT2D eigenvalue weighted by Gasteiger charge is 2.50. The summed E-state index contributed by atoms with van der Waals surface area (Å²) in [5, 5.41) is 75.8. The van der Waals surface area contributed by atoms with E-state index in [4.69, 9.17) is 15.3 Å². The molecule has 0 aromatic rings. The summed E-state index contributed by atoms with van der Waals surface area (Å²) in [5.74, 6) is -6.54. The van der Waals surface area contributed by atoms with E-state index in [9.17, 15) is 44.7 Å². The fourth-order valence-corrected chi connectivity index (χ4v) is 2.85. The Hall–Kier alpha value is -3.32. The van der Waals surface area contributed by atoms with E-state index in [1.54, 1.807) is 0 Å². The van der Waals surface area contributed by atoms with Crippen LogP contribution in [0, 0.1) is 10.8 Å². The fraction of sp³-hybridized carbons (Fsp3) is 0.333. The fourth-order valence-electron chi connectivity index (χ4n) is 2.85. The lowest BCUT2D eigenvalue weighted by molar-refractivity contribution is -0.134. The van der Waals surface area contributed by atoms with Gasteiger partial charge in [-0.1, -0.05) is 18.2 Å². The molecule has 0 aliphatic carbocycles. The van der Waals surface area contributed by atoms with Crippen molar-refractivity contribution in [2.75, 3.05) is 26.4 Å². The first-order chi connectivity index (χ1) is 14.0. The third-order valence-electron chi connectivity index (χ3n) is 4.35. The van der Waals surface area contributed by atoms with Gasteiger partial charge in [0.2, 0.25) is 0 Å².